The summed E-state index contributed by atoms with van der Waals surface area (Å²) in [6.45, 7) is 1.96. The van der Waals surface area contributed by atoms with Gasteiger partial charge < -0.3 is 0 Å². The Morgan fingerprint density at radius 3 is 2.31 bits per heavy atom. The third kappa shape index (κ3) is 3.15. The number of rotatable bonds is 3. The van der Waals surface area contributed by atoms with Crippen molar-refractivity contribution < 1.29 is 13.6 Å². The second-order valence-electron chi connectivity index (χ2n) is 5.16. The van der Waals surface area contributed by atoms with Crippen LogP contribution in [0.25, 0.3) is 5.69 Å². The van der Waals surface area contributed by atoms with Gasteiger partial charge in [0.1, 0.15) is 5.69 Å². The van der Waals surface area contributed by atoms with E-state index in [2.05, 4.69) is 26.4 Å². The first-order valence-corrected chi connectivity index (χ1v) is 8.30. The Hall–Kier alpha value is -2.88. The molecule has 0 saturated heterocycles. The predicted octanol–water partition coefficient (Wildman–Crippen LogP) is 2.96. The summed E-state index contributed by atoms with van der Waals surface area (Å²) < 4.78 is 29.4. The van der Waals surface area contributed by atoms with Gasteiger partial charge in [-0.2, -0.15) is 4.68 Å². The number of hydrogen-bond donors (Lipinski definition) is 0. The monoisotopic (exact) mass is 423 g/mol. The van der Waals surface area contributed by atoms with Gasteiger partial charge in [-0.15, -0.1) is 4.68 Å². The lowest BCUT2D eigenvalue weighted by Crippen LogP contribution is -2.41. The SMILES string of the molecule is CCN(C(=O)n1nnn(-c2c(F)cccc2F)c1=O)c1ccc(Br)cc1. The van der Waals surface area contributed by atoms with Crippen molar-refractivity contribution in [3.8, 4) is 5.69 Å². The third-order valence-electron chi connectivity index (χ3n) is 3.60. The van der Waals surface area contributed by atoms with Gasteiger partial charge in [0, 0.05) is 16.7 Å². The molecule has 1 amide bonds. The highest BCUT2D eigenvalue weighted by Gasteiger charge is 2.24. The summed E-state index contributed by atoms with van der Waals surface area (Å²) in [5, 5.41) is 6.90. The van der Waals surface area contributed by atoms with Crippen molar-refractivity contribution in [3.63, 3.8) is 0 Å². The molecule has 0 saturated carbocycles. The molecule has 0 aliphatic heterocycles. The first-order chi connectivity index (χ1) is 12.4. The molecular weight excluding hydrogens is 412 g/mol. The molecule has 7 nitrogen and oxygen atoms in total. The first-order valence-electron chi connectivity index (χ1n) is 7.51. The summed E-state index contributed by atoms with van der Waals surface area (Å²) in [6.07, 6.45) is 0. The van der Waals surface area contributed by atoms with Crippen LogP contribution in [0.3, 0.4) is 0 Å². The zero-order valence-corrected chi connectivity index (χ0v) is 15.0. The van der Waals surface area contributed by atoms with Gasteiger partial charge in [-0.25, -0.2) is 18.4 Å². The van der Waals surface area contributed by atoms with Crippen LogP contribution in [0.1, 0.15) is 6.92 Å². The Kier molecular flexibility index (Phi) is 4.94. The molecule has 134 valence electrons. The molecule has 0 bridgehead atoms. The van der Waals surface area contributed by atoms with Crippen LogP contribution in [0.4, 0.5) is 19.3 Å². The number of carbonyl (C=O) groups is 1. The summed E-state index contributed by atoms with van der Waals surface area (Å²) in [4.78, 5) is 26.4. The number of amides is 1. The highest BCUT2D eigenvalue weighted by molar-refractivity contribution is 9.10. The van der Waals surface area contributed by atoms with Crippen LogP contribution >= 0.6 is 15.9 Å². The van der Waals surface area contributed by atoms with Crippen molar-refractivity contribution in [1.29, 1.82) is 0 Å². The fourth-order valence-electron chi connectivity index (χ4n) is 2.36. The van der Waals surface area contributed by atoms with Gasteiger partial charge in [0.05, 0.1) is 0 Å². The number of carbonyl (C=O) groups excluding carboxylic acids is 1. The highest BCUT2D eigenvalue weighted by atomic mass is 79.9. The molecule has 0 atom stereocenters. The number of aromatic nitrogens is 4. The number of benzene rings is 2. The summed E-state index contributed by atoms with van der Waals surface area (Å²) >= 11 is 3.30. The smallest absolute Gasteiger partial charge is 0.293 e. The Morgan fingerprint density at radius 2 is 1.73 bits per heavy atom. The zero-order chi connectivity index (χ0) is 18.8. The summed E-state index contributed by atoms with van der Waals surface area (Å²) in [6, 6.07) is 9.15. The Balaban J connectivity index is 2.02. The van der Waals surface area contributed by atoms with Crippen LogP contribution in [0.15, 0.2) is 51.7 Å². The molecule has 1 heterocycles. The van der Waals surface area contributed by atoms with Gasteiger partial charge >= 0.3 is 11.7 Å². The van der Waals surface area contributed by atoms with Crippen LogP contribution in [0.2, 0.25) is 0 Å². The number of nitrogens with zero attached hydrogens (tertiary/aromatic N) is 5. The maximum Gasteiger partial charge on any atom is 0.377 e. The van der Waals surface area contributed by atoms with Gasteiger partial charge in [-0.3, -0.25) is 4.90 Å². The van der Waals surface area contributed by atoms with Crippen LogP contribution in [-0.4, -0.2) is 32.4 Å². The minimum Gasteiger partial charge on any atom is -0.293 e. The van der Waals surface area contributed by atoms with Crippen molar-refractivity contribution >= 4 is 27.6 Å². The predicted molar refractivity (Wildman–Crippen MR) is 93.5 cm³/mol. The van der Waals surface area contributed by atoms with Crippen LogP contribution < -0.4 is 10.6 Å². The molecule has 0 aliphatic carbocycles. The molecular formula is C16H12BrF2N5O2. The molecule has 0 spiro atoms. The number of tetrazole rings is 1. The van der Waals surface area contributed by atoms with E-state index in [1.54, 1.807) is 31.2 Å². The quantitative estimate of drug-likeness (QED) is 0.607. The Bertz CT molecular complexity index is 996. The van der Waals surface area contributed by atoms with Gasteiger partial charge in [-0.05, 0) is 53.7 Å². The molecule has 0 unspecified atom stereocenters. The van der Waals surface area contributed by atoms with E-state index in [0.717, 1.165) is 22.7 Å². The fourth-order valence-corrected chi connectivity index (χ4v) is 2.63. The molecule has 3 aromatic rings. The minimum absolute atomic E-state index is 0.244. The fraction of sp³-hybridized carbons (Fsp3) is 0.125. The summed E-state index contributed by atoms with van der Waals surface area (Å²) in [5.74, 6) is -1.99. The van der Waals surface area contributed by atoms with Gasteiger partial charge in [-0.1, -0.05) is 22.0 Å². The lowest BCUT2D eigenvalue weighted by atomic mass is 10.3. The molecule has 10 heteroatoms. The average Bonchev–Trinajstić information content (AvgIpc) is 2.98. The summed E-state index contributed by atoms with van der Waals surface area (Å²) in [7, 11) is 0. The highest BCUT2D eigenvalue weighted by Crippen LogP contribution is 2.19. The molecule has 26 heavy (non-hydrogen) atoms. The second-order valence-corrected chi connectivity index (χ2v) is 6.07. The van der Waals surface area contributed by atoms with Crippen LogP contribution in [0, 0.1) is 11.6 Å². The van der Waals surface area contributed by atoms with E-state index in [1.807, 2.05) is 0 Å². The van der Waals surface area contributed by atoms with E-state index < -0.39 is 29.0 Å². The number of para-hydroxylation sites is 1. The molecule has 0 radical (unpaired) electrons. The van der Waals surface area contributed by atoms with E-state index in [9.17, 15) is 18.4 Å². The maximum atomic E-state index is 13.9. The van der Waals surface area contributed by atoms with E-state index in [4.69, 9.17) is 0 Å². The average molecular weight is 424 g/mol. The van der Waals surface area contributed by atoms with Crippen molar-refractivity contribution in [2.45, 2.75) is 6.92 Å². The maximum absolute atomic E-state index is 13.9. The number of anilines is 1. The normalized spacial score (nSPS) is 10.8. The zero-order valence-electron chi connectivity index (χ0n) is 13.4. The first kappa shape index (κ1) is 17.9. The molecule has 3 rings (SSSR count). The van der Waals surface area contributed by atoms with Gasteiger partial charge in [0.25, 0.3) is 0 Å². The summed E-state index contributed by atoms with van der Waals surface area (Å²) in [5.41, 5.74) is -1.24. The molecule has 0 fully saturated rings. The Morgan fingerprint density at radius 1 is 1.12 bits per heavy atom. The van der Waals surface area contributed by atoms with E-state index in [0.29, 0.717) is 15.1 Å². The standard InChI is InChI=1S/C16H12BrF2N5O2/c1-2-22(11-8-6-10(17)7-9-11)15(25)24-16(26)23(20-21-24)14-12(18)4-3-5-13(14)19/h3-9H,2H2,1H3. The molecule has 2 aromatic carbocycles. The minimum atomic E-state index is -1.07. The van der Waals surface area contributed by atoms with E-state index in [1.165, 1.54) is 4.90 Å². The van der Waals surface area contributed by atoms with Crippen molar-refractivity contribution in [1.82, 2.24) is 19.8 Å². The van der Waals surface area contributed by atoms with Crippen molar-refractivity contribution in [2.24, 2.45) is 0 Å². The lowest BCUT2D eigenvalue weighted by molar-refractivity contribution is 0.244. The van der Waals surface area contributed by atoms with Gasteiger partial charge in [0.2, 0.25) is 0 Å². The molecule has 0 aliphatic rings. The van der Waals surface area contributed by atoms with Gasteiger partial charge in [0.15, 0.2) is 11.6 Å². The van der Waals surface area contributed by atoms with Crippen molar-refractivity contribution in [3.05, 3.63) is 69.1 Å². The largest absolute Gasteiger partial charge is 0.377 e. The van der Waals surface area contributed by atoms with Crippen molar-refractivity contribution in [2.75, 3.05) is 11.4 Å². The van der Waals surface area contributed by atoms with Crippen LogP contribution in [0.5, 0.6) is 0 Å². The van der Waals surface area contributed by atoms with E-state index in [-0.39, 0.29) is 6.54 Å². The second kappa shape index (κ2) is 7.16. The van der Waals surface area contributed by atoms with Crippen LogP contribution in [-0.2, 0) is 0 Å². The Labute approximate surface area is 154 Å². The third-order valence-corrected chi connectivity index (χ3v) is 4.13. The molecule has 1 aromatic heterocycles. The number of halogens is 3. The van der Waals surface area contributed by atoms with E-state index >= 15 is 0 Å². The lowest BCUT2D eigenvalue weighted by Gasteiger charge is -2.19. The number of hydrogen-bond acceptors (Lipinski definition) is 4. The topological polar surface area (TPSA) is 73.0 Å². The molecule has 0 N–H and O–H groups in total.